The quantitative estimate of drug-likeness (QED) is 0.853. The molecule has 0 unspecified atom stereocenters. The molecule has 21 heavy (non-hydrogen) atoms. The molecule has 0 fully saturated rings. The van der Waals surface area contributed by atoms with Gasteiger partial charge in [-0.1, -0.05) is 36.1 Å². The lowest BCUT2D eigenvalue weighted by Gasteiger charge is -2.10. The molecule has 2 aromatic carbocycles. The minimum Gasteiger partial charge on any atom is -0.320 e. The first-order valence-electron chi connectivity index (χ1n) is 6.40. The zero-order chi connectivity index (χ0) is 15.3. The Morgan fingerprint density at radius 2 is 1.90 bits per heavy atom. The monoisotopic (exact) mass is 300 g/mol. The molecule has 0 saturated carbocycles. The molecular formula is C16H16N2O2S. The van der Waals surface area contributed by atoms with Crippen LogP contribution in [0, 0.1) is 18.8 Å². The van der Waals surface area contributed by atoms with Gasteiger partial charge in [0.25, 0.3) is 10.0 Å². The fourth-order valence-corrected chi connectivity index (χ4v) is 2.96. The number of hydrogen-bond donors (Lipinski definition) is 2. The number of hydrogen-bond acceptors (Lipinski definition) is 3. The number of para-hydroxylation sites is 1. The number of nitrogens with two attached hydrogens (primary N) is 1. The van der Waals surface area contributed by atoms with E-state index in [0.717, 1.165) is 5.56 Å². The van der Waals surface area contributed by atoms with E-state index < -0.39 is 10.0 Å². The second kappa shape index (κ2) is 6.44. The van der Waals surface area contributed by atoms with Gasteiger partial charge in [0, 0.05) is 5.56 Å². The summed E-state index contributed by atoms with van der Waals surface area (Å²) in [6.45, 7) is 2.08. The molecule has 5 heteroatoms. The van der Waals surface area contributed by atoms with Crippen molar-refractivity contribution >= 4 is 15.7 Å². The zero-order valence-corrected chi connectivity index (χ0v) is 12.4. The van der Waals surface area contributed by atoms with Crippen LogP contribution in [0.5, 0.6) is 0 Å². The van der Waals surface area contributed by atoms with Crippen LogP contribution in [0.25, 0.3) is 0 Å². The summed E-state index contributed by atoms with van der Waals surface area (Å²) in [5.41, 5.74) is 7.36. The van der Waals surface area contributed by atoms with E-state index >= 15 is 0 Å². The third kappa shape index (κ3) is 3.85. The Bertz CT molecular complexity index is 802. The highest BCUT2D eigenvalue weighted by molar-refractivity contribution is 7.92. The van der Waals surface area contributed by atoms with E-state index in [0.29, 0.717) is 11.3 Å². The molecule has 0 atom stereocenters. The van der Waals surface area contributed by atoms with Gasteiger partial charge in [0.15, 0.2) is 0 Å². The van der Waals surface area contributed by atoms with Gasteiger partial charge in [-0.15, -0.1) is 0 Å². The van der Waals surface area contributed by atoms with Gasteiger partial charge in [-0.3, -0.25) is 4.72 Å². The Morgan fingerprint density at radius 1 is 1.14 bits per heavy atom. The van der Waals surface area contributed by atoms with Crippen molar-refractivity contribution in [1.82, 2.24) is 0 Å². The molecular weight excluding hydrogens is 284 g/mol. The van der Waals surface area contributed by atoms with Crippen LogP contribution < -0.4 is 10.5 Å². The molecule has 0 aromatic heterocycles. The van der Waals surface area contributed by atoms with Gasteiger partial charge in [0.05, 0.1) is 17.1 Å². The SMILES string of the molecule is Cc1ccccc1NS(=O)(=O)c1cccc(C#CCN)c1. The van der Waals surface area contributed by atoms with E-state index in [1.807, 2.05) is 19.1 Å². The first kappa shape index (κ1) is 15.1. The molecule has 0 aliphatic carbocycles. The summed E-state index contributed by atoms with van der Waals surface area (Å²) in [5.74, 6) is 5.53. The van der Waals surface area contributed by atoms with Crippen LogP contribution in [0.4, 0.5) is 5.69 Å². The van der Waals surface area contributed by atoms with Crippen LogP contribution >= 0.6 is 0 Å². The summed E-state index contributed by atoms with van der Waals surface area (Å²) in [6.07, 6.45) is 0. The van der Waals surface area contributed by atoms with E-state index in [9.17, 15) is 8.42 Å². The first-order valence-corrected chi connectivity index (χ1v) is 7.89. The molecule has 0 aliphatic rings. The third-order valence-corrected chi connectivity index (χ3v) is 4.23. The van der Waals surface area contributed by atoms with Crippen molar-refractivity contribution in [3.63, 3.8) is 0 Å². The predicted molar refractivity (Wildman–Crippen MR) is 84.4 cm³/mol. The molecule has 0 aliphatic heterocycles. The second-order valence-electron chi connectivity index (χ2n) is 4.45. The molecule has 0 heterocycles. The normalized spacial score (nSPS) is 10.6. The Labute approximate surface area is 125 Å². The van der Waals surface area contributed by atoms with E-state index in [2.05, 4.69) is 16.6 Å². The molecule has 0 bridgehead atoms. The van der Waals surface area contributed by atoms with E-state index in [1.54, 1.807) is 24.3 Å². The summed E-state index contributed by atoms with van der Waals surface area (Å²) >= 11 is 0. The van der Waals surface area contributed by atoms with Gasteiger partial charge < -0.3 is 5.73 Å². The minimum absolute atomic E-state index is 0.176. The van der Waals surface area contributed by atoms with Gasteiger partial charge in [-0.05, 0) is 36.8 Å². The molecule has 0 spiro atoms. The van der Waals surface area contributed by atoms with Crippen LogP contribution in [0.1, 0.15) is 11.1 Å². The lowest BCUT2D eigenvalue weighted by Crippen LogP contribution is -2.13. The summed E-state index contributed by atoms with van der Waals surface area (Å²) < 4.78 is 27.4. The summed E-state index contributed by atoms with van der Waals surface area (Å²) in [4.78, 5) is 0.176. The Kier molecular flexibility index (Phi) is 4.63. The van der Waals surface area contributed by atoms with Crippen LogP contribution in [-0.2, 0) is 10.0 Å². The molecule has 0 saturated heterocycles. The lowest BCUT2D eigenvalue weighted by molar-refractivity contribution is 0.601. The summed E-state index contributed by atoms with van der Waals surface area (Å²) in [7, 11) is -3.63. The van der Waals surface area contributed by atoms with E-state index in [-0.39, 0.29) is 11.4 Å². The number of aryl methyl sites for hydroxylation is 1. The Morgan fingerprint density at radius 3 is 2.62 bits per heavy atom. The molecule has 2 rings (SSSR count). The first-order chi connectivity index (χ1) is 10.0. The molecule has 2 aromatic rings. The van der Waals surface area contributed by atoms with Crippen molar-refractivity contribution in [2.24, 2.45) is 5.73 Å². The van der Waals surface area contributed by atoms with Gasteiger partial charge >= 0.3 is 0 Å². The van der Waals surface area contributed by atoms with Crippen molar-refractivity contribution in [3.05, 3.63) is 59.7 Å². The highest BCUT2D eigenvalue weighted by Gasteiger charge is 2.15. The smallest absolute Gasteiger partial charge is 0.261 e. The maximum atomic E-state index is 12.4. The average Bonchev–Trinajstić information content (AvgIpc) is 2.48. The Hall–Kier alpha value is -2.29. The highest BCUT2D eigenvalue weighted by Crippen LogP contribution is 2.19. The van der Waals surface area contributed by atoms with Crippen LogP contribution in [0.3, 0.4) is 0 Å². The maximum absolute atomic E-state index is 12.4. The largest absolute Gasteiger partial charge is 0.320 e. The number of sulfonamides is 1. The average molecular weight is 300 g/mol. The van der Waals surface area contributed by atoms with Gasteiger partial charge in [0.2, 0.25) is 0 Å². The highest BCUT2D eigenvalue weighted by atomic mass is 32.2. The van der Waals surface area contributed by atoms with E-state index in [1.165, 1.54) is 12.1 Å². The molecule has 3 N–H and O–H groups in total. The Balaban J connectivity index is 2.34. The summed E-state index contributed by atoms with van der Waals surface area (Å²) in [6, 6.07) is 13.7. The fraction of sp³-hybridized carbons (Fsp3) is 0.125. The number of benzene rings is 2. The summed E-state index contributed by atoms with van der Waals surface area (Å²) in [5, 5.41) is 0. The molecule has 0 amide bonds. The number of anilines is 1. The van der Waals surface area contributed by atoms with Crippen LogP contribution in [-0.4, -0.2) is 15.0 Å². The third-order valence-electron chi connectivity index (χ3n) is 2.87. The van der Waals surface area contributed by atoms with Gasteiger partial charge in [-0.2, -0.15) is 0 Å². The van der Waals surface area contributed by atoms with Crippen molar-refractivity contribution in [1.29, 1.82) is 0 Å². The standard InChI is InChI=1S/C16H16N2O2S/c1-13-6-2-3-10-16(13)18-21(19,20)15-9-4-7-14(12-15)8-5-11-17/h2-4,6-7,9-10,12,18H,11,17H2,1H3. The predicted octanol–water partition coefficient (Wildman–Crippen LogP) is 2.11. The molecule has 4 nitrogen and oxygen atoms in total. The van der Waals surface area contributed by atoms with Gasteiger partial charge in [0.1, 0.15) is 0 Å². The number of nitrogens with one attached hydrogen (secondary N) is 1. The van der Waals surface area contributed by atoms with Crippen molar-refractivity contribution in [3.8, 4) is 11.8 Å². The minimum atomic E-state index is -3.63. The number of rotatable bonds is 3. The molecule has 0 radical (unpaired) electrons. The second-order valence-corrected chi connectivity index (χ2v) is 6.14. The van der Waals surface area contributed by atoms with Crippen molar-refractivity contribution in [2.75, 3.05) is 11.3 Å². The molecule has 108 valence electrons. The maximum Gasteiger partial charge on any atom is 0.261 e. The lowest BCUT2D eigenvalue weighted by atomic mass is 10.2. The fourth-order valence-electron chi connectivity index (χ4n) is 1.79. The zero-order valence-electron chi connectivity index (χ0n) is 11.6. The van der Waals surface area contributed by atoms with Crippen molar-refractivity contribution in [2.45, 2.75) is 11.8 Å². The van der Waals surface area contributed by atoms with Crippen LogP contribution in [0.2, 0.25) is 0 Å². The topological polar surface area (TPSA) is 72.2 Å². The van der Waals surface area contributed by atoms with Crippen LogP contribution in [0.15, 0.2) is 53.4 Å². The van der Waals surface area contributed by atoms with E-state index in [4.69, 9.17) is 5.73 Å². The van der Waals surface area contributed by atoms with Crippen molar-refractivity contribution < 1.29 is 8.42 Å². The van der Waals surface area contributed by atoms with Gasteiger partial charge in [-0.25, -0.2) is 8.42 Å².